The van der Waals surface area contributed by atoms with Crippen molar-refractivity contribution < 1.29 is 9.90 Å². The topological polar surface area (TPSA) is 62.2 Å². The van der Waals surface area contributed by atoms with Crippen LogP contribution in [0.3, 0.4) is 0 Å². The van der Waals surface area contributed by atoms with Crippen LogP contribution in [0.2, 0.25) is 0 Å². The molecule has 0 bridgehead atoms. The molecule has 1 aromatic heterocycles. The van der Waals surface area contributed by atoms with Gasteiger partial charge in [-0.1, -0.05) is 12.2 Å². The average molecular weight is 206 g/mol. The van der Waals surface area contributed by atoms with Crippen LogP contribution in [0.25, 0.3) is 6.08 Å². The van der Waals surface area contributed by atoms with Crippen molar-refractivity contribution in [2.45, 2.75) is 6.42 Å². The van der Waals surface area contributed by atoms with E-state index in [4.69, 9.17) is 5.11 Å². The normalized spacial score (nSPS) is 10.7. The van der Waals surface area contributed by atoms with Gasteiger partial charge in [0.15, 0.2) is 0 Å². The minimum atomic E-state index is -0.951. The number of rotatable bonds is 5. The molecule has 0 saturated heterocycles. The zero-order valence-corrected chi connectivity index (χ0v) is 8.60. The first-order valence-electron chi connectivity index (χ1n) is 4.73. The van der Waals surface area contributed by atoms with Gasteiger partial charge in [-0.2, -0.15) is 0 Å². The van der Waals surface area contributed by atoms with E-state index < -0.39 is 5.97 Å². The summed E-state index contributed by atoms with van der Waals surface area (Å²) in [4.78, 5) is 14.5. The summed E-state index contributed by atoms with van der Waals surface area (Å²) in [6.45, 7) is 0.905. The zero-order chi connectivity index (χ0) is 11.1. The summed E-state index contributed by atoms with van der Waals surface area (Å²) < 4.78 is 0. The molecule has 0 spiro atoms. The van der Waals surface area contributed by atoms with Gasteiger partial charge in [0, 0.05) is 12.4 Å². The highest BCUT2D eigenvalue weighted by Crippen LogP contribution is 2.05. The molecule has 0 aliphatic heterocycles. The van der Waals surface area contributed by atoms with Crippen LogP contribution < -0.4 is 5.32 Å². The van der Waals surface area contributed by atoms with Crippen molar-refractivity contribution in [1.82, 2.24) is 10.3 Å². The summed E-state index contributed by atoms with van der Waals surface area (Å²) in [6.07, 6.45) is 7.75. The molecule has 0 saturated carbocycles. The van der Waals surface area contributed by atoms with E-state index in [0.717, 1.165) is 18.5 Å². The van der Waals surface area contributed by atoms with E-state index in [2.05, 4.69) is 10.3 Å². The van der Waals surface area contributed by atoms with Crippen LogP contribution >= 0.6 is 0 Å². The monoisotopic (exact) mass is 206 g/mol. The molecule has 0 aliphatic rings. The Bertz CT molecular complexity index is 361. The molecule has 0 radical (unpaired) electrons. The second-order valence-corrected chi connectivity index (χ2v) is 3.11. The average Bonchev–Trinajstić information content (AvgIpc) is 2.25. The van der Waals surface area contributed by atoms with E-state index >= 15 is 0 Å². The van der Waals surface area contributed by atoms with Gasteiger partial charge in [-0.15, -0.1) is 0 Å². The predicted molar refractivity (Wildman–Crippen MR) is 58.8 cm³/mol. The highest BCUT2D eigenvalue weighted by molar-refractivity contribution is 5.87. The van der Waals surface area contributed by atoms with Crippen molar-refractivity contribution in [3.05, 3.63) is 35.7 Å². The van der Waals surface area contributed by atoms with Gasteiger partial charge in [0.2, 0.25) is 0 Å². The van der Waals surface area contributed by atoms with Crippen molar-refractivity contribution in [2.75, 3.05) is 13.6 Å². The number of carbonyl (C=O) groups is 1. The number of pyridine rings is 1. The van der Waals surface area contributed by atoms with E-state index in [9.17, 15) is 4.79 Å². The maximum absolute atomic E-state index is 10.7. The highest BCUT2D eigenvalue weighted by atomic mass is 16.4. The van der Waals surface area contributed by atoms with Crippen LogP contribution in [0.4, 0.5) is 0 Å². The summed E-state index contributed by atoms with van der Waals surface area (Å²) in [5.41, 5.74) is 1.02. The van der Waals surface area contributed by atoms with Crippen molar-refractivity contribution >= 4 is 12.0 Å². The number of aromatic nitrogens is 1. The summed E-state index contributed by atoms with van der Waals surface area (Å²) >= 11 is 0. The fraction of sp³-hybridized carbons (Fsp3) is 0.273. The lowest BCUT2D eigenvalue weighted by atomic mass is 10.2. The first kappa shape index (κ1) is 11.4. The molecule has 1 heterocycles. The van der Waals surface area contributed by atoms with Crippen molar-refractivity contribution in [3.8, 4) is 0 Å². The number of hydrogen-bond donors (Lipinski definition) is 2. The molecular weight excluding hydrogens is 192 g/mol. The number of nitrogens with zero attached hydrogens (tertiary/aromatic N) is 1. The Kier molecular flexibility index (Phi) is 4.50. The lowest BCUT2D eigenvalue weighted by Crippen LogP contribution is -2.05. The Balaban J connectivity index is 2.65. The summed E-state index contributed by atoms with van der Waals surface area (Å²) in [5, 5.41) is 11.8. The molecule has 0 amide bonds. The van der Waals surface area contributed by atoms with Gasteiger partial charge in [0.1, 0.15) is 0 Å². The van der Waals surface area contributed by atoms with Gasteiger partial charge >= 0.3 is 5.97 Å². The van der Waals surface area contributed by atoms with Gasteiger partial charge < -0.3 is 10.4 Å². The van der Waals surface area contributed by atoms with Gasteiger partial charge in [-0.25, -0.2) is 4.79 Å². The molecule has 0 unspecified atom stereocenters. The van der Waals surface area contributed by atoms with Crippen LogP contribution in [0.15, 0.2) is 24.5 Å². The number of hydrogen-bond acceptors (Lipinski definition) is 3. The SMILES string of the molecule is CNCCC=Cc1cncc(C(=O)O)c1. The number of aromatic carboxylic acids is 1. The Labute approximate surface area is 88.7 Å². The van der Waals surface area contributed by atoms with Crippen LogP contribution in [-0.2, 0) is 0 Å². The maximum Gasteiger partial charge on any atom is 0.337 e. The third-order valence-electron chi connectivity index (χ3n) is 1.88. The molecule has 0 aromatic carbocycles. The zero-order valence-electron chi connectivity index (χ0n) is 8.60. The lowest BCUT2D eigenvalue weighted by molar-refractivity contribution is 0.0696. The largest absolute Gasteiger partial charge is 0.478 e. The van der Waals surface area contributed by atoms with E-state index in [1.54, 1.807) is 12.3 Å². The predicted octanol–water partition coefficient (Wildman–Crippen LogP) is 1.40. The first-order chi connectivity index (χ1) is 7.24. The fourth-order valence-electron chi connectivity index (χ4n) is 1.11. The maximum atomic E-state index is 10.7. The van der Waals surface area contributed by atoms with Crippen LogP contribution in [0, 0.1) is 0 Å². The molecule has 80 valence electrons. The first-order valence-corrected chi connectivity index (χ1v) is 4.73. The third kappa shape index (κ3) is 3.91. The standard InChI is InChI=1S/C11H14N2O2/c1-12-5-3-2-4-9-6-10(11(14)15)8-13-7-9/h2,4,6-8,12H,3,5H2,1H3,(H,14,15). The Hall–Kier alpha value is -1.68. The van der Waals surface area contributed by atoms with Crippen molar-refractivity contribution in [1.29, 1.82) is 0 Å². The Morgan fingerprint density at radius 3 is 3.07 bits per heavy atom. The molecule has 15 heavy (non-hydrogen) atoms. The van der Waals surface area contributed by atoms with Crippen molar-refractivity contribution in [3.63, 3.8) is 0 Å². The Morgan fingerprint density at radius 2 is 2.40 bits per heavy atom. The fourth-order valence-corrected chi connectivity index (χ4v) is 1.11. The minimum absolute atomic E-state index is 0.214. The van der Waals surface area contributed by atoms with E-state index in [-0.39, 0.29) is 5.56 Å². The lowest BCUT2D eigenvalue weighted by Gasteiger charge is -1.96. The van der Waals surface area contributed by atoms with E-state index in [1.807, 2.05) is 19.2 Å². The van der Waals surface area contributed by atoms with E-state index in [1.165, 1.54) is 6.20 Å². The number of carboxylic acid groups (broad SMARTS) is 1. The van der Waals surface area contributed by atoms with E-state index in [0.29, 0.717) is 0 Å². The number of nitrogens with one attached hydrogen (secondary N) is 1. The molecule has 1 rings (SSSR count). The smallest absolute Gasteiger partial charge is 0.337 e. The molecule has 0 fully saturated rings. The molecule has 2 N–H and O–H groups in total. The second-order valence-electron chi connectivity index (χ2n) is 3.11. The highest BCUT2D eigenvalue weighted by Gasteiger charge is 2.01. The molecule has 4 nitrogen and oxygen atoms in total. The Morgan fingerprint density at radius 1 is 1.60 bits per heavy atom. The molecule has 0 aliphatic carbocycles. The van der Waals surface area contributed by atoms with Crippen LogP contribution in [0.1, 0.15) is 22.3 Å². The summed E-state index contributed by atoms with van der Waals surface area (Å²) in [7, 11) is 1.89. The minimum Gasteiger partial charge on any atom is -0.478 e. The van der Waals surface area contributed by atoms with Gasteiger partial charge in [0.05, 0.1) is 5.56 Å². The van der Waals surface area contributed by atoms with Crippen molar-refractivity contribution in [2.24, 2.45) is 0 Å². The third-order valence-corrected chi connectivity index (χ3v) is 1.88. The molecule has 0 atom stereocenters. The summed E-state index contributed by atoms with van der Waals surface area (Å²) in [5.74, 6) is -0.951. The quantitative estimate of drug-likeness (QED) is 0.715. The summed E-state index contributed by atoms with van der Waals surface area (Å²) in [6, 6.07) is 1.60. The molecular formula is C11H14N2O2. The van der Waals surface area contributed by atoms with Crippen LogP contribution in [0.5, 0.6) is 0 Å². The van der Waals surface area contributed by atoms with Crippen LogP contribution in [-0.4, -0.2) is 29.7 Å². The van der Waals surface area contributed by atoms with Gasteiger partial charge in [0.25, 0.3) is 0 Å². The molecule has 4 heteroatoms. The second kappa shape index (κ2) is 5.93. The van der Waals surface area contributed by atoms with Gasteiger partial charge in [-0.05, 0) is 31.6 Å². The molecule has 1 aromatic rings. The number of carboxylic acids is 1. The van der Waals surface area contributed by atoms with Gasteiger partial charge in [-0.3, -0.25) is 4.98 Å².